The Morgan fingerprint density at radius 2 is 1.93 bits per heavy atom. The largest absolute Gasteiger partial charge is 0.378 e. The lowest BCUT2D eigenvalue weighted by Crippen LogP contribution is -2.35. The van der Waals surface area contributed by atoms with Crippen LogP contribution in [0.5, 0.6) is 0 Å². The van der Waals surface area contributed by atoms with E-state index in [1.807, 2.05) is 0 Å². The molecule has 0 aliphatic heterocycles. The van der Waals surface area contributed by atoms with Crippen molar-refractivity contribution in [1.29, 1.82) is 0 Å². The summed E-state index contributed by atoms with van der Waals surface area (Å²) < 4.78 is 5.57. The smallest absolute Gasteiger partial charge is 0.0580 e. The second-order valence-electron chi connectivity index (χ2n) is 5.14. The first-order valence-corrected chi connectivity index (χ1v) is 6.73. The van der Waals surface area contributed by atoms with Crippen LogP contribution in [-0.4, -0.2) is 25.3 Å². The van der Waals surface area contributed by atoms with Crippen LogP contribution in [0.15, 0.2) is 0 Å². The molecule has 2 fully saturated rings. The van der Waals surface area contributed by atoms with E-state index in [1.54, 1.807) is 0 Å². The summed E-state index contributed by atoms with van der Waals surface area (Å²) in [4.78, 5) is 0. The van der Waals surface area contributed by atoms with Gasteiger partial charge >= 0.3 is 0 Å². The van der Waals surface area contributed by atoms with Crippen molar-refractivity contribution >= 4 is 0 Å². The summed E-state index contributed by atoms with van der Waals surface area (Å²) in [6, 6.07) is 0.841. The van der Waals surface area contributed by atoms with Crippen molar-refractivity contribution in [3.05, 3.63) is 0 Å². The van der Waals surface area contributed by atoms with Gasteiger partial charge in [-0.25, -0.2) is 0 Å². The molecule has 2 nitrogen and oxygen atoms in total. The van der Waals surface area contributed by atoms with Crippen molar-refractivity contribution in [2.45, 2.75) is 64.0 Å². The zero-order valence-corrected chi connectivity index (χ0v) is 10.0. The van der Waals surface area contributed by atoms with Crippen LogP contribution in [0.25, 0.3) is 0 Å². The van der Waals surface area contributed by atoms with E-state index in [1.165, 1.54) is 51.5 Å². The summed E-state index contributed by atoms with van der Waals surface area (Å²) in [6.07, 6.45) is 10.3. The fourth-order valence-corrected chi connectivity index (χ4v) is 2.90. The first-order valence-electron chi connectivity index (χ1n) is 6.73. The van der Waals surface area contributed by atoms with Gasteiger partial charge in [0, 0.05) is 12.6 Å². The van der Waals surface area contributed by atoms with E-state index in [4.69, 9.17) is 4.74 Å². The number of rotatable bonds is 6. The van der Waals surface area contributed by atoms with Crippen LogP contribution in [0, 0.1) is 5.92 Å². The summed E-state index contributed by atoms with van der Waals surface area (Å²) >= 11 is 0. The molecule has 2 aliphatic rings. The lowest BCUT2D eigenvalue weighted by atomic mass is 9.80. The minimum atomic E-state index is 0.589. The van der Waals surface area contributed by atoms with Gasteiger partial charge < -0.3 is 10.1 Å². The predicted molar refractivity (Wildman–Crippen MR) is 63.0 cm³/mol. The average molecular weight is 211 g/mol. The molecule has 0 atom stereocenters. The second kappa shape index (κ2) is 5.86. The monoisotopic (exact) mass is 211 g/mol. The van der Waals surface area contributed by atoms with Gasteiger partial charge in [0.15, 0.2) is 0 Å². The minimum absolute atomic E-state index is 0.589. The molecule has 2 heteroatoms. The van der Waals surface area contributed by atoms with Gasteiger partial charge in [-0.2, -0.15) is 0 Å². The van der Waals surface area contributed by atoms with Gasteiger partial charge in [0.1, 0.15) is 0 Å². The van der Waals surface area contributed by atoms with Gasteiger partial charge in [-0.15, -0.1) is 0 Å². The average Bonchev–Trinajstić information content (AvgIpc) is 2.66. The molecule has 0 aromatic heterocycles. The molecule has 0 aromatic carbocycles. The molecule has 0 aromatic rings. The number of ether oxygens (including phenoxy) is 1. The second-order valence-corrected chi connectivity index (χ2v) is 5.14. The van der Waals surface area contributed by atoms with Crippen molar-refractivity contribution in [1.82, 2.24) is 5.32 Å². The molecule has 2 aliphatic carbocycles. The Hall–Kier alpha value is -0.0800. The predicted octanol–water partition coefficient (Wildman–Crippen LogP) is 2.72. The first kappa shape index (κ1) is 11.4. The van der Waals surface area contributed by atoms with Crippen molar-refractivity contribution in [2.24, 2.45) is 5.92 Å². The third kappa shape index (κ3) is 3.46. The van der Waals surface area contributed by atoms with Crippen LogP contribution in [0.1, 0.15) is 51.9 Å². The highest BCUT2D eigenvalue weighted by Crippen LogP contribution is 2.32. The summed E-state index contributed by atoms with van der Waals surface area (Å²) in [5.74, 6) is 0.940. The van der Waals surface area contributed by atoms with Gasteiger partial charge in [-0.1, -0.05) is 12.8 Å². The third-order valence-corrected chi connectivity index (χ3v) is 3.94. The zero-order chi connectivity index (χ0) is 10.5. The van der Waals surface area contributed by atoms with Crippen LogP contribution < -0.4 is 5.32 Å². The Labute approximate surface area is 93.8 Å². The van der Waals surface area contributed by atoms with Crippen molar-refractivity contribution in [3.8, 4) is 0 Å². The molecule has 0 bridgehead atoms. The third-order valence-electron chi connectivity index (χ3n) is 3.94. The quantitative estimate of drug-likeness (QED) is 0.729. The van der Waals surface area contributed by atoms with Gasteiger partial charge in [0.2, 0.25) is 0 Å². The van der Waals surface area contributed by atoms with E-state index in [0.717, 1.165) is 18.6 Å². The molecule has 0 amide bonds. The standard InChI is InChI=1S/C13H25NO/c1-2-15-13-9-11(10-13)7-8-14-12-5-3-4-6-12/h11-14H,2-10H2,1H3. The molecular formula is C13H25NO. The lowest BCUT2D eigenvalue weighted by molar-refractivity contribution is -0.0264. The molecule has 0 heterocycles. The van der Waals surface area contributed by atoms with E-state index in [2.05, 4.69) is 12.2 Å². The Bertz CT molecular complexity index is 171. The topological polar surface area (TPSA) is 21.3 Å². The Morgan fingerprint density at radius 3 is 2.60 bits per heavy atom. The van der Waals surface area contributed by atoms with Crippen molar-refractivity contribution in [3.63, 3.8) is 0 Å². The van der Waals surface area contributed by atoms with Gasteiger partial charge in [-0.3, -0.25) is 0 Å². The van der Waals surface area contributed by atoms with Gasteiger partial charge in [0.05, 0.1) is 6.10 Å². The van der Waals surface area contributed by atoms with E-state index in [9.17, 15) is 0 Å². The maximum atomic E-state index is 5.57. The molecule has 0 unspecified atom stereocenters. The van der Waals surface area contributed by atoms with Crippen molar-refractivity contribution < 1.29 is 4.74 Å². The maximum absolute atomic E-state index is 5.57. The molecule has 2 saturated carbocycles. The summed E-state index contributed by atoms with van der Waals surface area (Å²) in [7, 11) is 0. The molecule has 0 radical (unpaired) electrons. The Morgan fingerprint density at radius 1 is 1.20 bits per heavy atom. The summed E-state index contributed by atoms with van der Waals surface area (Å²) in [5.41, 5.74) is 0. The van der Waals surface area contributed by atoms with Crippen LogP contribution >= 0.6 is 0 Å². The normalized spacial score (nSPS) is 31.8. The molecule has 0 spiro atoms. The van der Waals surface area contributed by atoms with E-state index >= 15 is 0 Å². The first-order chi connectivity index (χ1) is 7.38. The molecule has 2 rings (SSSR count). The van der Waals surface area contributed by atoms with Crippen LogP contribution in [-0.2, 0) is 4.74 Å². The SMILES string of the molecule is CCOC1CC(CCNC2CCCC2)C1. The number of hydrogen-bond acceptors (Lipinski definition) is 2. The minimum Gasteiger partial charge on any atom is -0.378 e. The van der Waals surface area contributed by atoms with Crippen LogP contribution in [0.2, 0.25) is 0 Å². The van der Waals surface area contributed by atoms with E-state index in [-0.39, 0.29) is 0 Å². The fourth-order valence-electron chi connectivity index (χ4n) is 2.90. The van der Waals surface area contributed by atoms with Crippen LogP contribution in [0.3, 0.4) is 0 Å². The number of nitrogens with one attached hydrogen (secondary N) is 1. The fraction of sp³-hybridized carbons (Fsp3) is 1.00. The maximum Gasteiger partial charge on any atom is 0.0580 e. The Kier molecular flexibility index (Phi) is 4.45. The van der Waals surface area contributed by atoms with E-state index in [0.29, 0.717) is 6.10 Å². The highest BCUT2D eigenvalue weighted by Gasteiger charge is 2.29. The molecule has 0 saturated heterocycles. The molecular weight excluding hydrogens is 186 g/mol. The highest BCUT2D eigenvalue weighted by atomic mass is 16.5. The van der Waals surface area contributed by atoms with Crippen molar-refractivity contribution in [2.75, 3.05) is 13.2 Å². The van der Waals surface area contributed by atoms with E-state index < -0.39 is 0 Å². The highest BCUT2D eigenvalue weighted by molar-refractivity contribution is 4.81. The molecule has 15 heavy (non-hydrogen) atoms. The Balaban J connectivity index is 1.45. The zero-order valence-electron chi connectivity index (χ0n) is 10.0. The number of hydrogen-bond donors (Lipinski definition) is 1. The summed E-state index contributed by atoms with van der Waals surface area (Å²) in [5, 5.41) is 3.69. The molecule has 88 valence electrons. The van der Waals surface area contributed by atoms with Gasteiger partial charge in [-0.05, 0) is 51.5 Å². The molecule has 1 N–H and O–H groups in total. The lowest BCUT2D eigenvalue weighted by Gasteiger charge is -2.35. The van der Waals surface area contributed by atoms with Crippen LogP contribution in [0.4, 0.5) is 0 Å². The summed E-state index contributed by atoms with van der Waals surface area (Å²) in [6.45, 7) is 4.21. The van der Waals surface area contributed by atoms with Gasteiger partial charge in [0.25, 0.3) is 0 Å².